The molecule has 3 heterocycles. The number of hydrogen-bond donors (Lipinski definition) is 2. The maximum Gasteiger partial charge on any atom is 0.314 e. The maximum absolute atomic E-state index is 13.8. The van der Waals surface area contributed by atoms with Crippen LogP contribution in [0.1, 0.15) is 16.1 Å². The number of nitrogens with zero attached hydrogens (tertiary/aromatic N) is 5. The molecule has 8 nitrogen and oxygen atoms in total. The monoisotopic (exact) mass is 510 g/mol. The quantitative estimate of drug-likeness (QED) is 0.241. The number of azo groups is 1. The standard InChI is InChI=1S/C31H22N6O2/c38-29-27(22-15-7-8-16-23(22)32-29)34-35-30(39)28-26(21-13-5-2-6-14-21)33-31-36(19-20-11-3-1-4-12-20)24-17-9-10-18-25(24)37(28)31/h1-18,32,38H,19H2. The summed E-state index contributed by atoms with van der Waals surface area (Å²) in [5.74, 6) is -0.0741. The molecule has 0 aliphatic heterocycles. The van der Waals surface area contributed by atoms with E-state index in [0.29, 0.717) is 34.6 Å². The fourth-order valence-corrected chi connectivity index (χ4v) is 5.08. The first-order valence-electron chi connectivity index (χ1n) is 12.5. The van der Waals surface area contributed by atoms with Crippen LogP contribution in [0.2, 0.25) is 0 Å². The Hall–Kier alpha value is -5.50. The highest BCUT2D eigenvalue weighted by Crippen LogP contribution is 2.36. The van der Waals surface area contributed by atoms with Crippen molar-refractivity contribution in [1.82, 2.24) is 18.9 Å². The van der Waals surface area contributed by atoms with Crippen LogP contribution in [0.5, 0.6) is 5.88 Å². The fourth-order valence-electron chi connectivity index (χ4n) is 5.08. The number of carbonyl (C=O) groups is 1. The Morgan fingerprint density at radius 1 is 0.821 bits per heavy atom. The number of hydrogen-bond acceptors (Lipinski definition) is 4. The van der Waals surface area contributed by atoms with Crippen molar-refractivity contribution in [2.75, 3.05) is 0 Å². The molecule has 8 heteroatoms. The molecule has 0 bridgehead atoms. The summed E-state index contributed by atoms with van der Waals surface area (Å²) in [5, 5.41) is 19.4. The van der Waals surface area contributed by atoms with Crippen LogP contribution in [0.4, 0.5) is 5.69 Å². The third-order valence-corrected chi connectivity index (χ3v) is 6.85. The zero-order valence-electron chi connectivity index (χ0n) is 20.7. The summed E-state index contributed by atoms with van der Waals surface area (Å²) in [4.78, 5) is 21.7. The molecule has 0 aliphatic carbocycles. The maximum atomic E-state index is 13.8. The number of aromatic hydroxyl groups is 1. The molecule has 2 N–H and O–H groups in total. The summed E-state index contributed by atoms with van der Waals surface area (Å²) in [5.41, 5.74) is 5.45. The topological polar surface area (TPSA) is 100 Å². The van der Waals surface area contributed by atoms with Gasteiger partial charge in [0, 0.05) is 10.9 Å². The van der Waals surface area contributed by atoms with Crippen LogP contribution >= 0.6 is 0 Å². The number of imidazole rings is 2. The highest BCUT2D eigenvalue weighted by Gasteiger charge is 2.26. The second-order valence-electron chi connectivity index (χ2n) is 9.24. The second-order valence-corrected chi connectivity index (χ2v) is 9.24. The van der Waals surface area contributed by atoms with Gasteiger partial charge in [-0.2, -0.15) is 0 Å². The average Bonchev–Trinajstić information content (AvgIpc) is 3.62. The molecule has 0 spiro atoms. The Bertz CT molecular complexity index is 2020. The molecule has 0 fully saturated rings. The van der Waals surface area contributed by atoms with Crippen LogP contribution in [-0.2, 0) is 6.54 Å². The Morgan fingerprint density at radius 3 is 2.28 bits per heavy atom. The van der Waals surface area contributed by atoms with Crippen LogP contribution in [-0.4, -0.2) is 29.9 Å². The Kier molecular flexibility index (Phi) is 5.30. The smallest absolute Gasteiger partial charge is 0.314 e. The molecule has 3 aromatic heterocycles. The number of nitrogens with one attached hydrogen (secondary N) is 1. The van der Waals surface area contributed by atoms with E-state index in [-0.39, 0.29) is 11.6 Å². The first-order chi connectivity index (χ1) is 19.2. The number of aromatic nitrogens is 4. The molecule has 188 valence electrons. The summed E-state index contributed by atoms with van der Waals surface area (Å²) in [6.45, 7) is 0.585. The molecule has 0 aliphatic rings. The highest BCUT2D eigenvalue weighted by molar-refractivity contribution is 6.02. The summed E-state index contributed by atoms with van der Waals surface area (Å²) in [6, 6.07) is 35.0. The first kappa shape index (κ1) is 22.7. The fraction of sp³-hybridized carbons (Fsp3) is 0.0323. The van der Waals surface area contributed by atoms with Gasteiger partial charge in [-0.15, -0.1) is 10.2 Å². The van der Waals surface area contributed by atoms with Gasteiger partial charge in [-0.05, 0) is 23.8 Å². The minimum atomic E-state index is -0.561. The predicted octanol–water partition coefficient (Wildman–Crippen LogP) is 7.12. The number of fused-ring (bicyclic) bond motifs is 4. The molecule has 0 radical (unpaired) electrons. The molecule has 0 atom stereocenters. The van der Waals surface area contributed by atoms with E-state index in [1.807, 2.05) is 101 Å². The van der Waals surface area contributed by atoms with Crippen molar-refractivity contribution in [2.45, 2.75) is 6.54 Å². The van der Waals surface area contributed by atoms with Crippen LogP contribution in [0.3, 0.4) is 0 Å². The van der Waals surface area contributed by atoms with Crippen molar-refractivity contribution in [3.63, 3.8) is 0 Å². The van der Waals surface area contributed by atoms with E-state index in [0.717, 1.165) is 22.2 Å². The van der Waals surface area contributed by atoms with Gasteiger partial charge in [-0.1, -0.05) is 91.0 Å². The number of rotatable bonds is 5. The normalized spacial score (nSPS) is 11.8. The third kappa shape index (κ3) is 3.77. The van der Waals surface area contributed by atoms with Crippen LogP contribution in [0, 0.1) is 0 Å². The van der Waals surface area contributed by atoms with Gasteiger partial charge < -0.3 is 14.7 Å². The van der Waals surface area contributed by atoms with E-state index in [1.54, 1.807) is 0 Å². The van der Waals surface area contributed by atoms with Crippen LogP contribution < -0.4 is 0 Å². The van der Waals surface area contributed by atoms with Gasteiger partial charge in [-0.25, -0.2) is 4.98 Å². The minimum absolute atomic E-state index is 0.145. The lowest BCUT2D eigenvalue weighted by Gasteiger charge is -2.05. The molecule has 0 unspecified atom stereocenters. The van der Waals surface area contributed by atoms with Gasteiger partial charge in [0.25, 0.3) is 0 Å². The van der Waals surface area contributed by atoms with E-state index >= 15 is 0 Å². The molecular weight excluding hydrogens is 488 g/mol. The molecule has 0 saturated carbocycles. The second kappa shape index (κ2) is 9.11. The number of aromatic amines is 1. The molecule has 39 heavy (non-hydrogen) atoms. The van der Waals surface area contributed by atoms with Crippen molar-refractivity contribution in [3.8, 4) is 17.1 Å². The van der Waals surface area contributed by atoms with Gasteiger partial charge in [0.05, 0.1) is 23.1 Å². The van der Waals surface area contributed by atoms with Gasteiger partial charge in [0.2, 0.25) is 11.7 Å². The predicted molar refractivity (Wildman–Crippen MR) is 150 cm³/mol. The van der Waals surface area contributed by atoms with E-state index in [2.05, 4.69) is 31.9 Å². The Labute approximate surface area is 222 Å². The number of H-pyrrole nitrogens is 1. The van der Waals surface area contributed by atoms with E-state index < -0.39 is 5.91 Å². The molecular formula is C31H22N6O2. The van der Waals surface area contributed by atoms with E-state index in [4.69, 9.17) is 4.98 Å². The lowest BCUT2D eigenvalue weighted by molar-refractivity contribution is 0.0990. The number of amides is 1. The lowest BCUT2D eigenvalue weighted by atomic mass is 10.1. The van der Waals surface area contributed by atoms with Gasteiger partial charge in [0.1, 0.15) is 11.4 Å². The van der Waals surface area contributed by atoms with Gasteiger partial charge >= 0.3 is 5.91 Å². The lowest BCUT2D eigenvalue weighted by Crippen LogP contribution is -2.02. The van der Waals surface area contributed by atoms with E-state index in [1.165, 1.54) is 0 Å². The SMILES string of the molecule is O=C(N=Nc1c(O)[nH]c2ccccc12)c1c(-c2ccccc2)nc2n(Cc3ccccc3)c3ccccc3n12. The first-order valence-corrected chi connectivity index (χ1v) is 12.5. The summed E-state index contributed by atoms with van der Waals surface area (Å²) in [6.07, 6.45) is 0. The third-order valence-electron chi connectivity index (χ3n) is 6.85. The molecule has 0 saturated heterocycles. The van der Waals surface area contributed by atoms with E-state index in [9.17, 15) is 9.90 Å². The van der Waals surface area contributed by atoms with Crippen molar-refractivity contribution in [1.29, 1.82) is 0 Å². The van der Waals surface area contributed by atoms with Crippen molar-refractivity contribution in [2.24, 2.45) is 10.2 Å². The van der Waals surface area contributed by atoms with Crippen LogP contribution in [0.15, 0.2) is 119 Å². The molecule has 1 amide bonds. The number of para-hydroxylation sites is 3. The highest BCUT2D eigenvalue weighted by atomic mass is 16.3. The minimum Gasteiger partial charge on any atom is -0.493 e. The Balaban J connectivity index is 1.45. The molecule has 7 aromatic rings. The van der Waals surface area contributed by atoms with Crippen molar-refractivity contribution < 1.29 is 9.90 Å². The number of carbonyl (C=O) groups excluding carboxylic acids is 1. The van der Waals surface area contributed by atoms with Crippen molar-refractivity contribution in [3.05, 3.63) is 120 Å². The van der Waals surface area contributed by atoms with Crippen molar-refractivity contribution >= 4 is 39.3 Å². The summed E-state index contributed by atoms with van der Waals surface area (Å²) < 4.78 is 3.97. The largest absolute Gasteiger partial charge is 0.493 e. The Morgan fingerprint density at radius 2 is 1.49 bits per heavy atom. The van der Waals surface area contributed by atoms with Gasteiger partial charge in [-0.3, -0.25) is 9.20 Å². The zero-order chi connectivity index (χ0) is 26.3. The number of benzene rings is 4. The van der Waals surface area contributed by atoms with Gasteiger partial charge in [0.15, 0.2) is 5.69 Å². The summed E-state index contributed by atoms with van der Waals surface area (Å²) in [7, 11) is 0. The molecule has 7 rings (SSSR count). The average molecular weight is 511 g/mol. The van der Waals surface area contributed by atoms with Crippen LogP contribution in [0.25, 0.3) is 39.0 Å². The molecule has 4 aromatic carbocycles. The summed E-state index contributed by atoms with van der Waals surface area (Å²) >= 11 is 0. The zero-order valence-corrected chi connectivity index (χ0v) is 20.7.